The van der Waals surface area contributed by atoms with Crippen molar-refractivity contribution in [3.8, 4) is 5.75 Å². The van der Waals surface area contributed by atoms with Crippen molar-refractivity contribution in [3.05, 3.63) is 57.5 Å². The van der Waals surface area contributed by atoms with Gasteiger partial charge in [-0.3, -0.25) is 0 Å². The zero-order valence-corrected chi connectivity index (χ0v) is 17.1. The SMILES string of the molecule is CCNC(=NCc1ccc2cc(OC)ccc2c1)NCc1nc(C)c(C)s1. The second-order valence-electron chi connectivity index (χ2n) is 6.35. The minimum atomic E-state index is 0.618. The molecule has 0 spiro atoms. The first-order valence-electron chi connectivity index (χ1n) is 9.11. The molecule has 0 radical (unpaired) electrons. The number of benzene rings is 2. The van der Waals surface area contributed by atoms with Gasteiger partial charge in [-0.25, -0.2) is 9.98 Å². The van der Waals surface area contributed by atoms with Crippen molar-refractivity contribution < 1.29 is 4.74 Å². The molecule has 0 aliphatic carbocycles. The topological polar surface area (TPSA) is 58.5 Å². The van der Waals surface area contributed by atoms with E-state index in [1.54, 1.807) is 18.4 Å². The maximum atomic E-state index is 5.29. The van der Waals surface area contributed by atoms with Crippen molar-refractivity contribution in [2.75, 3.05) is 13.7 Å². The van der Waals surface area contributed by atoms with Crippen LogP contribution in [0.25, 0.3) is 10.8 Å². The Balaban J connectivity index is 1.69. The quantitative estimate of drug-likeness (QED) is 0.496. The number of guanidine groups is 1. The van der Waals surface area contributed by atoms with Gasteiger partial charge >= 0.3 is 0 Å². The van der Waals surface area contributed by atoms with E-state index < -0.39 is 0 Å². The molecule has 0 amide bonds. The van der Waals surface area contributed by atoms with Gasteiger partial charge in [0.25, 0.3) is 0 Å². The third-order valence-corrected chi connectivity index (χ3v) is 5.43. The molecule has 0 atom stereocenters. The summed E-state index contributed by atoms with van der Waals surface area (Å²) in [4.78, 5) is 10.6. The average molecular weight is 383 g/mol. The molecule has 142 valence electrons. The molecule has 0 aliphatic rings. The van der Waals surface area contributed by atoms with Gasteiger partial charge in [0.15, 0.2) is 5.96 Å². The van der Waals surface area contributed by atoms with Crippen LogP contribution in [0, 0.1) is 13.8 Å². The Morgan fingerprint density at radius 2 is 1.89 bits per heavy atom. The first-order valence-corrected chi connectivity index (χ1v) is 9.92. The van der Waals surface area contributed by atoms with E-state index in [9.17, 15) is 0 Å². The third kappa shape index (κ3) is 4.98. The highest BCUT2D eigenvalue weighted by Gasteiger charge is 2.05. The summed E-state index contributed by atoms with van der Waals surface area (Å²) < 4.78 is 5.29. The summed E-state index contributed by atoms with van der Waals surface area (Å²) in [6.45, 7) is 8.34. The maximum Gasteiger partial charge on any atom is 0.191 e. The minimum Gasteiger partial charge on any atom is -0.497 e. The molecule has 0 saturated carbocycles. The molecule has 5 nitrogen and oxygen atoms in total. The van der Waals surface area contributed by atoms with Gasteiger partial charge in [0.1, 0.15) is 10.8 Å². The second kappa shape index (κ2) is 8.86. The van der Waals surface area contributed by atoms with Crippen LogP contribution in [0.4, 0.5) is 0 Å². The number of nitrogens with one attached hydrogen (secondary N) is 2. The number of aromatic nitrogens is 1. The standard InChI is InChI=1S/C21H26N4OS/c1-5-22-21(24-13-20-25-14(2)15(3)27-20)23-12-16-6-7-18-11-19(26-4)9-8-17(18)10-16/h6-11H,5,12-13H2,1-4H3,(H2,22,23,24). The van der Waals surface area contributed by atoms with Crippen molar-refractivity contribution in [1.29, 1.82) is 0 Å². The Morgan fingerprint density at radius 1 is 1.11 bits per heavy atom. The summed E-state index contributed by atoms with van der Waals surface area (Å²) in [5, 5.41) is 10.1. The number of nitrogens with zero attached hydrogens (tertiary/aromatic N) is 2. The predicted molar refractivity (Wildman–Crippen MR) is 114 cm³/mol. The molecule has 3 aromatic rings. The molecule has 0 fully saturated rings. The van der Waals surface area contributed by atoms with Crippen LogP contribution in [0.1, 0.15) is 28.1 Å². The smallest absolute Gasteiger partial charge is 0.191 e. The highest BCUT2D eigenvalue weighted by molar-refractivity contribution is 7.11. The number of hydrogen-bond acceptors (Lipinski definition) is 4. The molecule has 2 N–H and O–H groups in total. The number of ether oxygens (including phenoxy) is 1. The number of aryl methyl sites for hydroxylation is 2. The van der Waals surface area contributed by atoms with Gasteiger partial charge < -0.3 is 15.4 Å². The predicted octanol–water partition coefficient (Wildman–Crippen LogP) is 4.18. The summed E-state index contributed by atoms with van der Waals surface area (Å²) in [6.07, 6.45) is 0. The lowest BCUT2D eigenvalue weighted by atomic mass is 10.1. The molecule has 1 heterocycles. The van der Waals surface area contributed by atoms with Crippen molar-refractivity contribution >= 4 is 28.1 Å². The van der Waals surface area contributed by atoms with E-state index in [1.165, 1.54) is 21.2 Å². The van der Waals surface area contributed by atoms with Crippen molar-refractivity contribution in [3.63, 3.8) is 0 Å². The monoisotopic (exact) mass is 382 g/mol. The van der Waals surface area contributed by atoms with E-state index in [4.69, 9.17) is 9.73 Å². The number of methoxy groups -OCH3 is 1. The Bertz CT molecular complexity index is 929. The second-order valence-corrected chi connectivity index (χ2v) is 7.63. The summed E-state index contributed by atoms with van der Waals surface area (Å²) >= 11 is 1.73. The summed E-state index contributed by atoms with van der Waals surface area (Å²) in [5.74, 6) is 1.68. The van der Waals surface area contributed by atoms with E-state index in [-0.39, 0.29) is 0 Å². The van der Waals surface area contributed by atoms with Crippen LogP contribution >= 0.6 is 11.3 Å². The Labute approximate surface area is 164 Å². The largest absolute Gasteiger partial charge is 0.497 e. The molecule has 6 heteroatoms. The van der Waals surface area contributed by atoms with Gasteiger partial charge in [-0.15, -0.1) is 11.3 Å². The van der Waals surface area contributed by atoms with E-state index >= 15 is 0 Å². The first kappa shape index (κ1) is 19.2. The fraction of sp³-hybridized carbons (Fsp3) is 0.333. The zero-order valence-electron chi connectivity index (χ0n) is 16.3. The van der Waals surface area contributed by atoms with Gasteiger partial charge in [-0.05, 0) is 55.3 Å². The van der Waals surface area contributed by atoms with Gasteiger partial charge in [0, 0.05) is 11.4 Å². The maximum absolute atomic E-state index is 5.29. The highest BCUT2D eigenvalue weighted by atomic mass is 32.1. The van der Waals surface area contributed by atoms with Crippen molar-refractivity contribution in [2.45, 2.75) is 33.9 Å². The number of thiazole rings is 1. The third-order valence-electron chi connectivity index (χ3n) is 4.36. The van der Waals surface area contributed by atoms with Crippen LogP contribution in [0.2, 0.25) is 0 Å². The van der Waals surface area contributed by atoms with Gasteiger partial charge in [-0.1, -0.05) is 18.2 Å². The number of fused-ring (bicyclic) bond motifs is 1. The van der Waals surface area contributed by atoms with E-state index in [0.29, 0.717) is 13.1 Å². The van der Waals surface area contributed by atoms with E-state index in [1.807, 2.05) is 19.1 Å². The molecule has 3 rings (SSSR count). The molecule has 1 aromatic heterocycles. The summed E-state index contributed by atoms with van der Waals surface area (Å²) in [7, 11) is 1.69. The lowest BCUT2D eigenvalue weighted by molar-refractivity contribution is 0.415. The van der Waals surface area contributed by atoms with Gasteiger partial charge in [-0.2, -0.15) is 0 Å². The first-order chi connectivity index (χ1) is 13.1. The van der Waals surface area contributed by atoms with Crippen LogP contribution in [-0.4, -0.2) is 24.6 Å². The Morgan fingerprint density at radius 3 is 2.59 bits per heavy atom. The van der Waals surface area contributed by atoms with E-state index in [0.717, 1.165) is 29.0 Å². The lowest BCUT2D eigenvalue weighted by Crippen LogP contribution is -2.36. The minimum absolute atomic E-state index is 0.618. The van der Waals surface area contributed by atoms with Gasteiger partial charge in [0.2, 0.25) is 0 Å². The van der Waals surface area contributed by atoms with Crippen molar-refractivity contribution in [2.24, 2.45) is 4.99 Å². The van der Waals surface area contributed by atoms with Crippen LogP contribution in [-0.2, 0) is 13.1 Å². The molecule has 2 aromatic carbocycles. The van der Waals surface area contributed by atoms with Crippen molar-refractivity contribution in [1.82, 2.24) is 15.6 Å². The average Bonchev–Trinajstić information content (AvgIpc) is 3.01. The highest BCUT2D eigenvalue weighted by Crippen LogP contribution is 2.22. The lowest BCUT2D eigenvalue weighted by Gasteiger charge is -2.10. The fourth-order valence-corrected chi connectivity index (χ4v) is 3.66. The van der Waals surface area contributed by atoms with Crippen LogP contribution in [0.5, 0.6) is 5.75 Å². The van der Waals surface area contributed by atoms with Crippen LogP contribution in [0.3, 0.4) is 0 Å². The number of aliphatic imine (C=N–C) groups is 1. The Kier molecular flexibility index (Phi) is 6.29. The van der Waals surface area contributed by atoms with E-state index in [2.05, 4.69) is 53.7 Å². The molecule has 0 aliphatic heterocycles. The molecular formula is C21H26N4OS. The summed E-state index contributed by atoms with van der Waals surface area (Å²) in [6, 6.07) is 12.5. The molecule has 0 saturated heterocycles. The zero-order chi connectivity index (χ0) is 19.2. The van der Waals surface area contributed by atoms with Crippen LogP contribution in [0.15, 0.2) is 41.4 Å². The number of rotatable bonds is 6. The van der Waals surface area contributed by atoms with Gasteiger partial charge in [0.05, 0.1) is 25.9 Å². The summed E-state index contributed by atoms with van der Waals surface area (Å²) in [5.41, 5.74) is 2.28. The molecule has 0 unspecified atom stereocenters. The normalized spacial score (nSPS) is 11.6. The van der Waals surface area contributed by atoms with Crippen LogP contribution < -0.4 is 15.4 Å². The molecular weight excluding hydrogens is 356 g/mol. The molecule has 27 heavy (non-hydrogen) atoms. The molecule has 0 bridgehead atoms. The number of hydrogen-bond donors (Lipinski definition) is 2. The fourth-order valence-electron chi connectivity index (χ4n) is 2.78. The Hall–Kier alpha value is -2.60.